The van der Waals surface area contributed by atoms with E-state index in [-0.39, 0.29) is 0 Å². The quantitative estimate of drug-likeness (QED) is 0.914. The smallest absolute Gasteiger partial charge is 0.205 e. The molecule has 2 fully saturated rings. The fourth-order valence-corrected chi connectivity index (χ4v) is 4.25. The number of thioether (sulfide) groups is 1. The van der Waals surface area contributed by atoms with Crippen molar-refractivity contribution in [3.05, 3.63) is 18.2 Å². The van der Waals surface area contributed by atoms with Crippen LogP contribution in [0, 0.1) is 0 Å². The molecule has 0 saturated carbocycles. The van der Waals surface area contributed by atoms with Crippen molar-refractivity contribution in [1.29, 1.82) is 0 Å². The van der Waals surface area contributed by atoms with Gasteiger partial charge in [-0.2, -0.15) is 11.8 Å². The summed E-state index contributed by atoms with van der Waals surface area (Å²) in [5, 5.41) is 11.5. The Balaban J connectivity index is 1.59. The first kappa shape index (κ1) is 14.2. The number of fused-ring (bicyclic) bond motifs is 1. The summed E-state index contributed by atoms with van der Waals surface area (Å²) >= 11 is 1.98. The van der Waals surface area contributed by atoms with E-state index in [1.165, 1.54) is 18.6 Å². The molecule has 1 atom stereocenters. The maximum atomic E-state index is 4.46. The monoisotopic (exact) mass is 319 g/mol. The molecule has 0 amide bonds. The molecule has 7 nitrogen and oxygen atoms in total. The van der Waals surface area contributed by atoms with Crippen molar-refractivity contribution < 1.29 is 0 Å². The maximum absolute atomic E-state index is 4.46. The first-order chi connectivity index (χ1) is 10.8. The molecule has 0 bridgehead atoms. The highest BCUT2D eigenvalue weighted by molar-refractivity contribution is 7.99. The van der Waals surface area contributed by atoms with Crippen LogP contribution in [0.1, 0.15) is 23.9 Å². The van der Waals surface area contributed by atoms with E-state index in [9.17, 15) is 0 Å². The average molecular weight is 319 g/mol. The van der Waals surface area contributed by atoms with Crippen LogP contribution >= 0.6 is 11.8 Å². The van der Waals surface area contributed by atoms with Crippen molar-refractivity contribution in [3.63, 3.8) is 0 Å². The van der Waals surface area contributed by atoms with Gasteiger partial charge in [0.25, 0.3) is 0 Å². The predicted molar refractivity (Wildman–Crippen MR) is 87.9 cm³/mol. The van der Waals surface area contributed by atoms with Gasteiger partial charge in [-0.3, -0.25) is 9.83 Å². The normalized spacial score (nSPS) is 24.1. The van der Waals surface area contributed by atoms with Crippen molar-refractivity contribution in [2.24, 2.45) is 0 Å². The number of nitrogens with one attached hydrogen (secondary N) is 1. The van der Waals surface area contributed by atoms with Crippen LogP contribution in [0.5, 0.6) is 0 Å². The molecular formula is C14H21N7S. The van der Waals surface area contributed by atoms with Gasteiger partial charge < -0.3 is 4.90 Å². The molecule has 2 aliphatic heterocycles. The summed E-state index contributed by atoms with van der Waals surface area (Å²) in [5.41, 5.74) is 4.24. The molecule has 4 heterocycles. The van der Waals surface area contributed by atoms with Gasteiger partial charge >= 0.3 is 0 Å². The number of nitrogens with zero attached hydrogens (tertiary/aromatic N) is 6. The Hall–Kier alpha value is -1.38. The van der Waals surface area contributed by atoms with E-state index in [4.69, 9.17) is 0 Å². The third kappa shape index (κ3) is 2.66. The van der Waals surface area contributed by atoms with Gasteiger partial charge in [-0.1, -0.05) is 0 Å². The Morgan fingerprint density at radius 3 is 2.86 bits per heavy atom. The van der Waals surface area contributed by atoms with E-state index in [2.05, 4.69) is 42.0 Å². The predicted octanol–water partition coefficient (Wildman–Crippen LogP) is 1.27. The van der Waals surface area contributed by atoms with E-state index in [0.29, 0.717) is 5.25 Å². The van der Waals surface area contributed by atoms with Crippen LogP contribution in [0.25, 0.3) is 5.65 Å². The highest BCUT2D eigenvalue weighted by Gasteiger charge is 2.24. The largest absolute Gasteiger partial charge is 0.304 e. The van der Waals surface area contributed by atoms with E-state index < -0.39 is 0 Å². The number of anilines is 1. The van der Waals surface area contributed by atoms with Crippen molar-refractivity contribution in [2.75, 3.05) is 44.4 Å². The highest BCUT2D eigenvalue weighted by atomic mass is 32.2. The third-order valence-electron chi connectivity index (χ3n) is 4.34. The molecule has 2 saturated heterocycles. The Bertz CT molecular complexity index is 644. The summed E-state index contributed by atoms with van der Waals surface area (Å²) in [7, 11) is 2.15. The molecule has 2 aliphatic rings. The van der Waals surface area contributed by atoms with Crippen molar-refractivity contribution in [1.82, 2.24) is 29.5 Å². The van der Waals surface area contributed by atoms with E-state index in [1.54, 1.807) is 0 Å². The van der Waals surface area contributed by atoms with Crippen molar-refractivity contribution in [3.8, 4) is 0 Å². The Morgan fingerprint density at radius 1 is 1.23 bits per heavy atom. The van der Waals surface area contributed by atoms with Crippen molar-refractivity contribution in [2.45, 2.75) is 18.1 Å². The first-order valence-electron chi connectivity index (χ1n) is 7.82. The minimum Gasteiger partial charge on any atom is -0.304 e. The van der Waals surface area contributed by atoms with E-state index in [0.717, 1.165) is 43.5 Å². The molecule has 22 heavy (non-hydrogen) atoms. The zero-order valence-electron chi connectivity index (χ0n) is 12.8. The standard InChI is InChI=1S/C14H21N7S/c1-19-6-8-20(9-7-19)18-12-14-17-16-13(11-3-2-10-22-11)21(14)5-4-15-12/h4-5,11H,2-3,6-10H2,1H3,(H,15,18)/t11-/m0/s1. The number of hydrogen-bond donors (Lipinski definition) is 1. The fraction of sp³-hybridized carbons (Fsp3) is 0.643. The van der Waals surface area contributed by atoms with E-state index in [1.807, 2.05) is 24.2 Å². The Kier molecular flexibility index (Phi) is 3.89. The van der Waals surface area contributed by atoms with E-state index >= 15 is 0 Å². The molecule has 118 valence electrons. The zero-order valence-corrected chi connectivity index (χ0v) is 13.6. The van der Waals surface area contributed by atoms with Gasteiger partial charge in [0, 0.05) is 38.6 Å². The second-order valence-electron chi connectivity index (χ2n) is 5.93. The maximum Gasteiger partial charge on any atom is 0.205 e. The molecule has 2 aromatic rings. The minimum atomic E-state index is 0.467. The van der Waals surface area contributed by atoms with Crippen molar-refractivity contribution >= 4 is 23.2 Å². The summed E-state index contributed by atoms with van der Waals surface area (Å²) in [6.45, 7) is 4.09. The van der Waals surface area contributed by atoms with Gasteiger partial charge in [0.15, 0.2) is 11.6 Å². The molecule has 8 heteroatoms. The number of hydrogen-bond acceptors (Lipinski definition) is 7. The van der Waals surface area contributed by atoms with Crippen LogP contribution in [0.2, 0.25) is 0 Å². The number of likely N-dealkylation sites (N-methyl/N-ethyl adjacent to an activating group) is 1. The first-order valence-corrected chi connectivity index (χ1v) is 8.87. The molecule has 0 spiro atoms. The minimum absolute atomic E-state index is 0.467. The number of rotatable bonds is 3. The Morgan fingerprint density at radius 2 is 2.09 bits per heavy atom. The second kappa shape index (κ2) is 6.02. The Labute approximate surface area is 134 Å². The topological polar surface area (TPSA) is 61.6 Å². The molecule has 0 unspecified atom stereocenters. The average Bonchev–Trinajstić information content (AvgIpc) is 3.18. The lowest BCUT2D eigenvalue weighted by Crippen LogP contribution is -2.47. The van der Waals surface area contributed by atoms with Crippen LogP contribution in [-0.2, 0) is 0 Å². The summed E-state index contributed by atoms with van der Waals surface area (Å²) in [4.78, 5) is 6.80. The number of aromatic nitrogens is 4. The second-order valence-corrected chi connectivity index (χ2v) is 7.24. The number of piperazine rings is 1. The SMILES string of the molecule is CN1CCN(Nc2nccn3c([C@@H]4CCCS4)nnc23)CC1. The summed E-state index contributed by atoms with van der Waals surface area (Å²) < 4.78 is 2.09. The fourth-order valence-electron chi connectivity index (χ4n) is 2.99. The zero-order chi connectivity index (χ0) is 14.9. The summed E-state index contributed by atoms with van der Waals surface area (Å²) in [5.74, 6) is 3.08. The molecule has 0 aromatic carbocycles. The van der Waals surface area contributed by atoms with Gasteiger partial charge in [0.05, 0.1) is 5.25 Å². The van der Waals surface area contributed by atoms with Crippen LogP contribution in [0.3, 0.4) is 0 Å². The lowest BCUT2D eigenvalue weighted by Gasteiger charge is -2.32. The van der Waals surface area contributed by atoms with Gasteiger partial charge in [0.2, 0.25) is 5.65 Å². The van der Waals surface area contributed by atoms with Crippen LogP contribution in [0.4, 0.5) is 5.82 Å². The molecule has 0 aliphatic carbocycles. The molecule has 2 aromatic heterocycles. The number of hydrazine groups is 1. The van der Waals surface area contributed by atoms with Crippen LogP contribution < -0.4 is 5.43 Å². The van der Waals surface area contributed by atoms with Gasteiger partial charge in [-0.05, 0) is 25.6 Å². The lowest BCUT2D eigenvalue weighted by atomic mass is 10.2. The van der Waals surface area contributed by atoms with Gasteiger partial charge in [-0.25, -0.2) is 9.99 Å². The van der Waals surface area contributed by atoms with Gasteiger partial charge in [-0.15, -0.1) is 10.2 Å². The third-order valence-corrected chi connectivity index (χ3v) is 5.71. The molecule has 0 radical (unpaired) electrons. The highest BCUT2D eigenvalue weighted by Crippen LogP contribution is 2.39. The van der Waals surface area contributed by atoms with Crippen LogP contribution in [0.15, 0.2) is 12.4 Å². The molecular weight excluding hydrogens is 298 g/mol. The van der Waals surface area contributed by atoms with Crippen LogP contribution in [-0.4, -0.2) is 68.5 Å². The summed E-state index contributed by atoms with van der Waals surface area (Å²) in [6.07, 6.45) is 6.26. The lowest BCUT2D eigenvalue weighted by molar-refractivity contribution is 0.178. The summed E-state index contributed by atoms with van der Waals surface area (Å²) in [6, 6.07) is 0. The van der Waals surface area contributed by atoms with Gasteiger partial charge in [0.1, 0.15) is 0 Å². The molecule has 4 rings (SSSR count). The molecule has 1 N–H and O–H groups in total.